The fourth-order valence-corrected chi connectivity index (χ4v) is 3.40. The van der Waals surface area contributed by atoms with Crippen molar-refractivity contribution in [1.29, 1.82) is 0 Å². The minimum absolute atomic E-state index is 0.108. The van der Waals surface area contributed by atoms with Crippen molar-refractivity contribution in [2.75, 3.05) is 52.8 Å². The predicted molar refractivity (Wildman–Crippen MR) is 131 cm³/mol. The van der Waals surface area contributed by atoms with Gasteiger partial charge in [0.1, 0.15) is 24.7 Å². The lowest BCUT2D eigenvalue weighted by Gasteiger charge is -2.17. The van der Waals surface area contributed by atoms with Gasteiger partial charge in [-0.1, -0.05) is 55.1 Å². The number of aliphatic hydroxyl groups excluding tert-OH is 1. The number of nitrogens with one attached hydrogen (secondary N) is 1. The summed E-state index contributed by atoms with van der Waals surface area (Å²) in [5.74, 6) is 0.568. The van der Waals surface area contributed by atoms with Crippen LogP contribution < -0.4 is 14.8 Å². The molecule has 0 aliphatic heterocycles. The largest absolute Gasteiger partial charge is 0.490 e. The molecule has 9 nitrogen and oxygen atoms in total. The summed E-state index contributed by atoms with van der Waals surface area (Å²) < 4.78 is 27.0. The molecule has 0 atom stereocenters. The summed E-state index contributed by atoms with van der Waals surface area (Å²) in [6, 6.07) is 15.0. The van der Waals surface area contributed by atoms with E-state index < -0.39 is 12.1 Å². The van der Waals surface area contributed by atoms with Crippen LogP contribution in [0, 0.1) is 0 Å². The highest BCUT2D eigenvalue weighted by Crippen LogP contribution is 2.42. The first-order chi connectivity index (χ1) is 17.2. The van der Waals surface area contributed by atoms with Crippen LogP contribution in [0.4, 0.5) is 4.79 Å². The van der Waals surface area contributed by atoms with Gasteiger partial charge < -0.3 is 34.1 Å². The molecule has 0 radical (unpaired) electrons. The maximum absolute atomic E-state index is 12.5. The number of aliphatic hydroxyl groups is 1. The topological polar surface area (TPSA) is 113 Å². The number of rotatable bonds is 14. The van der Waals surface area contributed by atoms with Crippen molar-refractivity contribution in [3.05, 3.63) is 61.2 Å². The summed E-state index contributed by atoms with van der Waals surface area (Å²) in [6.45, 7) is 4.96. The van der Waals surface area contributed by atoms with Crippen molar-refractivity contribution >= 4 is 33.6 Å². The smallest absolute Gasteiger partial charge is 0.412 e. The highest BCUT2D eigenvalue weighted by molar-refractivity contribution is 6.11. The molecule has 0 aliphatic carbocycles. The summed E-state index contributed by atoms with van der Waals surface area (Å²) in [5, 5.41) is 14.9. The Morgan fingerprint density at radius 1 is 0.800 bits per heavy atom. The third kappa shape index (κ3) is 7.41. The minimum Gasteiger partial charge on any atom is -0.490 e. The minimum atomic E-state index is -0.604. The van der Waals surface area contributed by atoms with E-state index in [1.165, 1.54) is 0 Å². The third-order valence-corrected chi connectivity index (χ3v) is 4.89. The summed E-state index contributed by atoms with van der Waals surface area (Å²) in [6.07, 6.45) is 0.489. The van der Waals surface area contributed by atoms with Gasteiger partial charge in [0.25, 0.3) is 0 Å². The molecule has 3 rings (SSSR count). The number of fused-ring (bicyclic) bond motifs is 2. The van der Waals surface area contributed by atoms with Crippen molar-refractivity contribution in [3.63, 3.8) is 0 Å². The lowest BCUT2D eigenvalue weighted by Crippen LogP contribution is -2.30. The highest BCUT2D eigenvalue weighted by atomic mass is 16.6. The number of hydrogen-bond donors (Lipinski definition) is 2. The Bertz CT molecular complexity index is 1090. The standard InChI is InChI=1S/C26H29NO8/c1-2-23(29)33-18-17-32-16-15-31-13-11-27-26(30)35-25-21-9-5-3-7-19(21)24(34-14-12-28)20-8-4-6-10-22(20)25/h2-10,28H,1,11-18H2,(H,27,30). The number of amides is 1. The first-order valence-electron chi connectivity index (χ1n) is 11.2. The molecule has 3 aromatic carbocycles. The molecule has 0 bridgehead atoms. The van der Waals surface area contributed by atoms with Crippen LogP contribution in [0.2, 0.25) is 0 Å². The van der Waals surface area contributed by atoms with Gasteiger partial charge in [-0.3, -0.25) is 0 Å². The van der Waals surface area contributed by atoms with Gasteiger partial charge >= 0.3 is 12.1 Å². The molecule has 0 saturated carbocycles. The molecule has 35 heavy (non-hydrogen) atoms. The molecule has 1 amide bonds. The normalized spacial score (nSPS) is 10.8. The van der Waals surface area contributed by atoms with Crippen LogP contribution in [0.15, 0.2) is 61.2 Å². The predicted octanol–water partition coefficient (Wildman–Crippen LogP) is 3.21. The zero-order valence-electron chi connectivity index (χ0n) is 19.4. The number of carbonyl (C=O) groups excluding carboxylic acids is 2. The summed E-state index contributed by atoms with van der Waals surface area (Å²) in [5.41, 5.74) is 0. The first kappa shape index (κ1) is 26.0. The Hall–Kier alpha value is -3.66. The van der Waals surface area contributed by atoms with E-state index in [2.05, 4.69) is 11.9 Å². The van der Waals surface area contributed by atoms with Gasteiger partial charge in [0.2, 0.25) is 0 Å². The third-order valence-electron chi connectivity index (χ3n) is 4.89. The molecular formula is C26H29NO8. The molecule has 0 aromatic heterocycles. The SMILES string of the molecule is C=CC(=O)OCCOCCOCCNC(=O)Oc1c2ccccc2c(OCCO)c2ccccc12. The van der Waals surface area contributed by atoms with Crippen LogP contribution in [-0.2, 0) is 19.0 Å². The second-order valence-corrected chi connectivity index (χ2v) is 7.23. The second-order valence-electron chi connectivity index (χ2n) is 7.23. The fraction of sp³-hybridized carbons (Fsp3) is 0.308. The maximum atomic E-state index is 12.5. The van der Waals surface area contributed by atoms with Crippen LogP contribution in [0.5, 0.6) is 11.5 Å². The molecular weight excluding hydrogens is 454 g/mol. The van der Waals surface area contributed by atoms with Gasteiger partial charge in [0.15, 0.2) is 0 Å². The summed E-state index contributed by atoms with van der Waals surface area (Å²) in [4.78, 5) is 23.4. The van der Waals surface area contributed by atoms with Crippen molar-refractivity contribution in [2.45, 2.75) is 0 Å². The Labute approximate surface area is 203 Å². The lowest BCUT2D eigenvalue weighted by molar-refractivity contribution is -0.139. The van der Waals surface area contributed by atoms with Crippen LogP contribution in [0.3, 0.4) is 0 Å². The number of hydrogen-bond acceptors (Lipinski definition) is 8. The van der Waals surface area contributed by atoms with E-state index in [4.69, 9.17) is 23.7 Å². The van der Waals surface area contributed by atoms with Gasteiger partial charge in [-0.25, -0.2) is 9.59 Å². The Balaban J connectivity index is 1.53. The molecule has 2 N–H and O–H groups in total. The molecule has 0 saturated heterocycles. The van der Waals surface area contributed by atoms with Gasteiger partial charge in [-0.15, -0.1) is 0 Å². The molecule has 9 heteroatoms. The van der Waals surface area contributed by atoms with Crippen LogP contribution in [-0.4, -0.2) is 70.0 Å². The van der Waals surface area contributed by atoms with E-state index in [1.54, 1.807) is 0 Å². The number of esters is 1. The Kier molecular flexibility index (Phi) is 10.3. The monoisotopic (exact) mass is 483 g/mol. The van der Waals surface area contributed by atoms with Crippen LogP contribution in [0.25, 0.3) is 21.5 Å². The number of carbonyl (C=O) groups is 2. The Morgan fingerprint density at radius 2 is 1.34 bits per heavy atom. The zero-order valence-corrected chi connectivity index (χ0v) is 19.4. The molecule has 3 aromatic rings. The quantitative estimate of drug-likeness (QED) is 0.156. The first-order valence-corrected chi connectivity index (χ1v) is 11.2. The highest BCUT2D eigenvalue weighted by Gasteiger charge is 2.18. The van der Waals surface area contributed by atoms with E-state index in [-0.39, 0.29) is 39.6 Å². The van der Waals surface area contributed by atoms with Crippen molar-refractivity contribution in [3.8, 4) is 11.5 Å². The van der Waals surface area contributed by atoms with Gasteiger partial charge in [0, 0.05) is 34.2 Å². The van der Waals surface area contributed by atoms with Gasteiger partial charge in [-0.2, -0.15) is 0 Å². The molecule has 0 spiro atoms. The van der Waals surface area contributed by atoms with Crippen LogP contribution in [0.1, 0.15) is 0 Å². The number of ether oxygens (including phenoxy) is 5. The van der Waals surface area contributed by atoms with Gasteiger partial charge in [0.05, 0.1) is 33.0 Å². The number of benzene rings is 3. The average Bonchev–Trinajstić information content (AvgIpc) is 2.89. The average molecular weight is 484 g/mol. The second kappa shape index (κ2) is 13.9. The summed E-state index contributed by atoms with van der Waals surface area (Å²) >= 11 is 0. The van der Waals surface area contributed by atoms with Crippen molar-refractivity contribution in [2.24, 2.45) is 0 Å². The summed E-state index contributed by atoms with van der Waals surface area (Å²) in [7, 11) is 0. The van der Waals surface area contributed by atoms with E-state index in [0.717, 1.165) is 27.6 Å². The maximum Gasteiger partial charge on any atom is 0.412 e. The molecule has 0 aliphatic rings. The molecule has 186 valence electrons. The van der Waals surface area contributed by atoms with Crippen molar-refractivity contribution < 1.29 is 38.4 Å². The zero-order chi connectivity index (χ0) is 24.9. The van der Waals surface area contributed by atoms with E-state index in [9.17, 15) is 14.7 Å². The molecule has 0 heterocycles. The fourth-order valence-electron chi connectivity index (χ4n) is 3.40. The van der Waals surface area contributed by atoms with E-state index in [0.29, 0.717) is 24.7 Å². The molecule has 0 fully saturated rings. The Morgan fingerprint density at radius 3 is 1.91 bits per heavy atom. The van der Waals surface area contributed by atoms with Crippen molar-refractivity contribution in [1.82, 2.24) is 5.32 Å². The van der Waals surface area contributed by atoms with Crippen LogP contribution >= 0.6 is 0 Å². The van der Waals surface area contributed by atoms with E-state index in [1.807, 2.05) is 48.5 Å². The molecule has 0 unspecified atom stereocenters. The lowest BCUT2D eigenvalue weighted by atomic mass is 10.0. The van der Waals surface area contributed by atoms with Gasteiger partial charge in [-0.05, 0) is 0 Å². The van der Waals surface area contributed by atoms with E-state index >= 15 is 0 Å².